The summed E-state index contributed by atoms with van der Waals surface area (Å²) in [5, 5.41) is 15.0. The third kappa shape index (κ3) is 2.97. The average molecular weight is 234 g/mol. The first-order chi connectivity index (χ1) is 8.14. The zero-order valence-corrected chi connectivity index (χ0v) is 9.94. The second-order valence-electron chi connectivity index (χ2n) is 4.80. The van der Waals surface area contributed by atoms with Crippen LogP contribution in [-0.2, 0) is 0 Å². The fraction of sp³-hybridized carbons (Fsp3) is 0.462. The Hall–Kier alpha value is -1.55. The van der Waals surface area contributed by atoms with Gasteiger partial charge in [0, 0.05) is 5.69 Å². The summed E-state index contributed by atoms with van der Waals surface area (Å²) in [6, 6.07) is 9.01. The molecule has 1 fully saturated rings. The number of aliphatic hydroxyl groups excluding tert-OH is 1. The van der Waals surface area contributed by atoms with Crippen molar-refractivity contribution in [2.45, 2.75) is 25.3 Å². The molecular weight excluding hydrogens is 216 g/mol. The summed E-state index contributed by atoms with van der Waals surface area (Å²) < 4.78 is 0. The predicted octanol–water partition coefficient (Wildman–Crippen LogP) is 1.97. The molecule has 4 nitrogen and oxygen atoms in total. The Labute approximate surface area is 101 Å². The van der Waals surface area contributed by atoms with Gasteiger partial charge in [-0.05, 0) is 37.8 Å². The first-order valence-corrected chi connectivity index (χ1v) is 5.89. The van der Waals surface area contributed by atoms with Crippen molar-refractivity contribution in [1.82, 2.24) is 5.32 Å². The van der Waals surface area contributed by atoms with E-state index in [0.29, 0.717) is 5.92 Å². The summed E-state index contributed by atoms with van der Waals surface area (Å²) in [5.41, 5.74) is 0.250. The standard InChI is InChI=1S/C13H18N2O2/c1-13(9-16,10-7-8-10)15-12(17)14-11-5-3-2-4-6-11/h2-6,10,16H,7-9H2,1H3,(H2,14,15,17). The van der Waals surface area contributed by atoms with Crippen LogP contribution >= 0.6 is 0 Å². The number of anilines is 1. The van der Waals surface area contributed by atoms with Crippen molar-refractivity contribution in [3.05, 3.63) is 30.3 Å². The molecule has 1 aliphatic carbocycles. The number of rotatable bonds is 4. The largest absolute Gasteiger partial charge is 0.394 e. The molecule has 4 heteroatoms. The highest BCUT2D eigenvalue weighted by molar-refractivity contribution is 5.89. The van der Waals surface area contributed by atoms with Crippen LogP contribution in [0.4, 0.5) is 10.5 Å². The second kappa shape index (κ2) is 4.75. The van der Waals surface area contributed by atoms with Crippen molar-refractivity contribution >= 4 is 11.7 Å². The molecule has 2 amide bonds. The third-order valence-electron chi connectivity index (χ3n) is 3.24. The van der Waals surface area contributed by atoms with E-state index in [4.69, 9.17) is 0 Å². The number of hydrogen-bond acceptors (Lipinski definition) is 2. The zero-order valence-electron chi connectivity index (χ0n) is 9.94. The lowest BCUT2D eigenvalue weighted by Crippen LogP contribution is -2.52. The molecule has 1 aromatic rings. The van der Waals surface area contributed by atoms with Crippen molar-refractivity contribution in [1.29, 1.82) is 0 Å². The van der Waals surface area contributed by atoms with Gasteiger partial charge in [-0.25, -0.2) is 4.79 Å². The van der Waals surface area contributed by atoms with Gasteiger partial charge >= 0.3 is 6.03 Å². The maximum Gasteiger partial charge on any atom is 0.319 e. The molecule has 17 heavy (non-hydrogen) atoms. The van der Waals surface area contributed by atoms with Crippen LogP contribution < -0.4 is 10.6 Å². The van der Waals surface area contributed by atoms with E-state index in [-0.39, 0.29) is 12.6 Å². The SMILES string of the molecule is CC(CO)(NC(=O)Nc1ccccc1)C1CC1. The van der Waals surface area contributed by atoms with Crippen molar-refractivity contribution < 1.29 is 9.90 Å². The quantitative estimate of drug-likeness (QED) is 0.746. The van der Waals surface area contributed by atoms with E-state index < -0.39 is 5.54 Å². The van der Waals surface area contributed by atoms with E-state index in [1.54, 1.807) is 0 Å². The second-order valence-corrected chi connectivity index (χ2v) is 4.80. The molecular formula is C13H18N2O2. The number of carbonyl (C=O) groups is 1. The van der Waals surface area contributed by atoms with Crippen LogP contribution in [0.5, 0.6) is 0 Å². The summed E-state index contributed by atoms with van der Waals surface area (Å²) in [4.78, 5) is 11.8. The Morgan fingerprint density at radius 3 is 2.59 bits per heavy atom. The molecule has 0 bridgehead atoms. The number of carbonyl (C=O) groups excluding carboxylic acids is 1. The molecule has 0 aliphatic heterocycles. The van der Waals surface area contributed by atoms with E-state index in [0.717, 1.165) is 18.5 Å². The Morgan fingerprint density at radius 2 is 2.06 bits per heavy atom. The molecule has 2 rings (SSSR count). The van der Waals surface area contributed by atoms with Crippen LogP contribution in [0.25, 0.3) is 0 Å². The Kier molecular flexibility index (Phi) is 3.33. The number of aliphatic hydroxyl groups is 1. The summed E-state index contributed by atoms with van der Waals surface area (Å²) in [7, 11) is 0. The smallest absolute Gasteiger partial charge is 0.319 e. The fourth-order valence-electron chi connectivity index (χ4n) is 1.93. The molecule has 1 aromatic carbocycles. The minimum absolute atomic E-state index is 0.0279. The van der Waals surface area contributed by atoms with E-state index in [2.05, 4.69) is 10.6 Å². The first kappa shape index (κ1) is 11.9. The first-order valence-electron chi connectivity index (χ1n) is 5.89. The molecule has 0 saturated heterocycles. The van der Waals surface area contributed by atoms with E-state index in [9.17, 15) is 9.90 Å². The van der Waals surface area contributed by atoms with Crippen LogP contribution in [-0.4, -0.2) is 23.3 Å². The number of hydrogen-bond donors (Lipinski definition) is 3. The van der Waals surface area contributed by atoms with E-state index in [1.807, 2.05) is 37.3 Å². The van der Waals surface area contributed by atoms with Gasteiger partial charge in [0.05, 0.1) is 12.1 Å². The van der Waals surface area contributed by atoms with Crippen molar-refractivity contribution in [3.8, 4) is 0 Å². The molecule has 1 atom stereocenters. The van der Waals surface area contributed by atoms with Gasteiger partial charge in [0.2, 0.25) is 0 Å². The van der Waals surface area contributed by atoms with Crippen LogP contribution in [0, 0.1) is 5.92 Å². The summed E-state index contributed by atoms with van der Waals surface area (Å²) in [6.07, 6.45) is 2.14. The molecule has 1 aliphatic rings. The van der Waals surface area contributed by atoms with Gasteiger partial charge in [-0.3, -0.25) is 0 Å². The average Bonchev–Trinajstić information content (AvgIpc) is 3.14. The maximum atomic E-state index is 11.8. The van der Waals surface area contributed by atoms with Crippen LogP contribution in [0.3, 0.4) is 0 Å². The van der Waals surface area contributed by atoms with Crippen LogP contribution in [0.15, 0.2) is 30.3 Å². The molecule has 0 aromatic heterocycles. The number of urea groups is 1. The lowest BCUT2D eigenvalue weighted by molar-refractivity contribution is 0.159. The van der Waals surface area contributed by atoms with Crippen molar-refractivity contribution in [2.24, 2.45) is 5.92 Å². The molecule has 92 valence electrons. The van der Waals surface area contributed by atoms with E-state index in [1.165, 1.54) is 0 Å². The van der Waals surface area contributed by atoms with Crippen LogP contribution in [0.1, 0.15) is 19.8 Å². The maximum absolute atomic E-state index is 11.8. The Morgan fingerprint density at radius 1 is 1.41 bits per heavy atom. The number of para-hydroxylation sites is 1. The number of benzene rings is 1. The van der Waals surface area contributed by atoms with Gasteiger partial charge in [0.25, 0.3) is 0 Å². The third-order valence-corrected chi connectivity index (χ3v) is 3.24. The minimum atomic E-state index is -0.501. The van der Waals surface area contributed by atoms with Crippen LogP contribution in [0.2, 0.25) is 0 Å². The van der Waals surface area contributed by atoms with Crippen molar-refractivity contribution in [3.63, 3.8) is 0 Å². The van der Waals surface area contributed by atoms with Gasteiger partial charge in [0.15, 0.2) is 0 Å². The van der Waals surface area contributed by atoms with Gasteiger partial charge in [-0.2, -0.15) is 0 Å². The summed E-state index contributed by atoms with van der Waals surface area (Å²) in [5.74, 6) is 0.397. The molecule has 0 spiro atoms. The van der Waals surface area contributed by atoms with Gasteiger partial charge in [0.1, 0.15) is 0 Å². The Bertz CT molecular complexity index is 390. The minimum Gasteiger partial charge on any atom is -0.394 e. The highest BCUT2D eigenvalue weighted by Crippen LogP contribution is 2.39. The zero-order chi connectivity index (χ0) is 12.3. The molecule has 3 N–H and O–H groups in total. The monoisotopic (exact) mass is 234 g/mol. The fourth-order valence-corrected chi connectivity index (χ4v) is 1.93. The summed E-state index contributed by atoms with van der Waals surface area (Å²) in [6.45, 7) is 1.86. The normalized spacial score (nSPS) is 18.2. The molecule has 0 heterocycles. The molecule has 1 unspecified atom stereocenters. The Balaban J connectivity index is 1.92. The summed E-state index contributed by atoms with van der Waals surface area (Å²) >= 11 is 0. The predicted molar refractivity (Wildman–Crippen MR) is 66.8 cm³/mol. The van der Waals surface area contributed by atoms with Gasteiger partial charge in [-0.1, -0.05) is 18.2 Å². The van der Waals surface area contributed by atoms with Crippen molar-refractivity contribution in [2.75, 3.05) is 11.9 Å². The van der Waals surface area contributed by atoms with Gasteiger partial charge in [-0.15, -0.1) is 0 Å². The highest BCUT2D eigenvalue weighted by Gasteiger charge is 2.42. The highest BCUT2D eigenvalue weighted by atomic mass is 16.3. The van der Waals surface area contributed by atoms with Gasteiger partial charge < -0.3 is 15.7 Å². The molecule has 0 radical (unpaired) electrons. The lowest BCUT2D eigenvalue weighted by Gasteiger charge is -2.28. The van der Waals surface area contributed by atoms with E-state index >= 15 is 0 Å². The molecule has 1 saturated carbocycles. The lowest BCUT2D eigenvalue weighted by atomic mass is 9.97. The number of nitrogens with one attached hydrogen (secondary N) is 2. The number of amides is 2. The topological polar surface area (TPSA) is 61.4 Å².